The fourth-order valence-corrected chi connectivity index (χ4v) is 5.29. The van der Waals surface area contributed by atoms with E-state index in [9.17, 15) is 9.59 Å². The molecule has 5 rings (SSSR count). The van der Waals surface area contributed by atoms with Crippen molar-refractivity contribution in [2.45, 2.75) is 26.5 Å². The molecule has 0 spiro atoms. The standard InChI is InChI=1S/C30H25Cl2N3O4/c1-18-22(4-3-5-27(18)39-17-26-25(31)12-21(16-37)30(34-26)38-2)23-8-7-20-10-11-35(14-24(20)29(23)32)28-9-6-19(15-36)13-33-28/h3-9,12-13,15-16H,10-11,14,17H2,1-2H3. The van der Waals surface area contributed by atoms with E-state index in [4.69, 9.17) is 32.7 Å². The first-order valence-corrected chi connectivity index (χ1v) is 13.1. The van der Waals surface area contributed by atoms with Crippen LogP contribution in [0.5, 0.6) is 11.6 Å². The molecule has 1 aliphatic heterocycles. The highest BCUT2D eigenvalue weighted by Crippen LogP contribution is 2.39. The van der Waals surface area contributed by atoms with Gasteiger partial charge in [0.05, 0.1) is 22.7 Å². The largest absolute Gasteiger partial charge is 0.487 e. The third-order valence-electron chi connectivity index (χ3n) is 6.87. The molecule has 0 saturated carbocycles. The molecule has 1 aliphatic rings. The number of ether oxygens (including phenoxy) is 2. The molecular weight excluding hydrogens is 537 g/mol. The van der Waals surface area contributed by atoms with Crippen molar-refractivity contribution in [3.05, 3.63) is 98.3 Å². The predicted molar refractivity (Wildman–Crippen MR) is 152 cm³/mol. The van der Waals surface area contributed by atoms with Crippen LogP contribution in [0.1, 0.15) is 43.1 Å². The normalized spacial score (nSPS) is 12.6. The Kier molecular flexibility index (Phi) is 7.82. The maximum absolute atomic E-state index is 11.2. The lowest BCUT2D eigenvalue weighted by molar-refractivity contribution is 0.111. The Morgan fingerprint density at radius 3 is 2.62 bits per heavy atom. The summed E-state index contributed by atoms with van der Waals surface area (Å²) in [7, 11) is 1.45. The second kappa shape index (κ2) is 11.4. The lowest BCUT2D eigenvalue weighted by Gasteiger charge is -2.31. The monoisotopic (exact) mass is 561 g/mol. The SMILES string of the molecule is COc1nc(COc2cccc(-c3ccc4c(c3Cl)CN(c3ccc(C=O)cn3)CC4)c2C)c(Cl)cc1C=O. The number of fused-ring (bicyclic) bond motifs is 1. The second-order valence-electron chi connectivity index (χ2n) is 9.15. The molecule has 0 radical (unpaired) electrons. The number of anilines is 1. The van der Waals surface area contributed by atoms with Gasteiger partial charge in [0.25, 0.3) is 0 Å². The molecule has 0 saturated heterocycles. The van der Waals surface area contributed by atoms with E-state index in [1.807, 2.05) is 31.2 Å². The quantitative estimate of drug-likeness (QED) is 0.226. The molecule has 0 unspecified atom stereocenters. The van der Waals surface area contributed by atoms with Crippen LogP contribution in [0.15, 0.2) is 54.7 Å². The topological polar surface area (TPSA) is 81.6 Å². The van der Waals surface area contributed by atoms with Gasteiger partial charge >= 0.3 is 0 Å². The van der Waals surface area contributed by atoms with E-state index in [1.54, 1.807) is 12.3 Å². The van der Waals surface area contributed by atoms with Crippen molar-refractivity contribution < 1.29 is 19.1 Å². The van der Waals surface area contributed by atoms with E-state index >= 15 is 0 Å². The molecule has 3 heterocycles. The number of carbonyl (C=O) groups excluding carboxylic acids is 2. The maximum Gasteiger partial charge on any atom is 0.224 e. The summed E-state index contributed by atoms with van der Waals surface area (Å²) in [5.74, 6) is 1.67. The van der Waals surface area contributed by atoms with Crippen molar-refractivity contribution >= 4 is 41.6 Å². The van der Waals surface area contributed by atoms with Crippen LogP contribution in [-0.4, -0.2) is 36.2 Å². The first kappa shape index (κ1) is 26.7. The van der Waals surface area contributed by atoms with Crippen LogP contribution in [-0.2, 0) is 19.6 Å². The number of methoxy groups -OCH3 is 1. The summed E-state index contributed by atoms with van der Waals surface area (Å²) in [6, 6.07) is 15.2. The molecule has 7 nitrogen and oxygen atoms in total. The van der Waals surface area contributed by atoms with Crippen LogP contribution < -0.4 is 14.4 Å². The van der Waals surface area contributed by atoms with Crippen LogP contribution in [0.4, 0.5) is 5.82 Å². The van der Waals surface area contributed by atoms with Gasteiger partial charge in [-0.05, 0) is 59.9 Å². The van der Waals surface area contributed by atoms with Gasteiger partial charge in [-0.3, -0.25) is 9.59 Å². The Hall–Kier alpha value is -3.94. The predicted octanol–water partition coefficient (Wildman–Crippen LogP) is 6.53. The number of pyridine rings is 2. The smallest absolute Gasteiger partial charge is 0.224 e. The van der Waals surface area contributed by atoms with E-state index in [0.717, 1.165) is 47.3 Å². The number of carbonyl (C=O) groups is 2. The molecule has 198 valence electrons. The van der Waals surface area contributed by atoms with Gasteiger partial charge in [0.1, 0.15) is 23.9 Å². The maximum atomic E-state index is 11.2. The number of benzene rings is 2. The fraction of sp³-hybridized carbons (Fsp3) is 0.200. The number of hydrogen-bond donors (Lipinski definition) is 0. The lowest BCUT2D eigenvalue weighted by Crippen LogP contribution is -2.31. The number of halogens is 2. The average Bonchev–Trinajstić information content (AvgIpc) is 2.97. The van der Waals surface area contributed by atoms with Crippen molar-refractivity contribution in [2.24, 2.45) is 0 Å². The van der Waals surface area contributed by atoms with Crippen LogP contribution in [0.25, 0.3) is 11.1 Å². The Balaban J connectivity index is 1.41. The Labute approximate surface area is 236 Å². The highest BCUT2D eigenvalue weighted by atomic mass is 35.5. The first-order chi connectivity index (χ1) is 18.9. The molecule has 0 amide bonds. The average molecular weight is 562 g/mol. The van der Waals surface area contributed by atoms with E-state index < -0.39 is 0 Å². The third kappa shape index (κ3) is 5.33. The van der Waals surface area contributed by atoms with Gasteiger partial charge in [-0.1, -0.05) is 47.5 Å². The molecular formula is C30H25Cl2N3O4. The molecule has 39 heavy (non-hydrogen) atoms. The van der Waals surface area contributed by atoms with Crippen LogP contribution in [0.3, 0.4) is 0 Å². The minimum Gasteiger partial charge on any atom is -0.487 e. The molecule has 2 aromatic heterocycles. The van der Waals surface area contributed by atoms with Gasteiger partial charge in [-0.25, -0.2) is 9.97 Å². The molecule has 0 aliphatic carbocycles. The second-order valence-corrected chi connectivity index (χ2v) is 9.94. The highest BCUT2D eigenvalue weighted by molar-refractivity contribution is 6.34. The van der Waals surface area contributed by atoms with Gasteiger partial charge in [-0.2, -0.15) is 0 Å². The minimum atomic E-state index is 0.0986. The number of aromatic nitrogens is 2. The van der Waals surface area contributed by atoms with E-state index in [2.05, 4.69) is 27.0 Å². The summed E-state index contributed by atoms with van der Waals surface area (Å²) in [6.45, 7) is 3.51. The zero-order valence-corrected chi connectivity index (χ0v) is 22.9. The molecule has 0 bridgehead atoms. The summed E-state index contributed by atoms with van der Waals surface area (Å²) < 4.78 is 11.3. The van der Waals surface area contributed by atoms with E-state index in [0.29, 0.717) is 39.9 Å². The molecule has 2 aromatic carbocycles. The first-order valence-electron chi connectivity index (χ1n) is 12.3. The summed E-state index contributed by atoms with van der Waals surface area (Å²) in [6.07, 6.45) is 3.86. The summed E-state index contributed by atoms with van der Waals surface area (Å²) in [5.41, 5.74) is 6.35. The summed E-state index contributed by atoms with van der Waals surface area (Å²) in [5, 5.41) is 1.02. The molecule has 0 fully saturated rings. The van der Waals surface area contributed by atoms with Crippen molar-refractivity contribution in [2.75, 3.05) is 18.6 Å². The number of rotatable bonds is 8. The molecule has 9 heteroatoms. The Bertz CT molecular complexity index is 1560. The van der Waals surface area contributed by atoms with Crippen LogP contribution in [0, 0.1) is 6.92 Å². The molecule has 4 aromatic rings. The lowest BCUT2D eigenvalue weighted by atomic mass is 9.92. The van der Waals surface area contributed by atoms with Crippen molar-refractivity contribution in [3.63, 3.8) is 0 Å². The van der Waals surface area contributed by atoms with Gasteiger partial charge in [0, 0.05) is 30.4 Å². The number of nitrogens with zero attached hydrogens (tertiary/aromatic N) is 3. The van der Waals surface area contributed by atoms with Crippen molar-refractivity contribution in [1.82, 2.24) is 9.97 Å². The van der Waals surface area contributed by atoms with Gasteiger partial charge in [-0.15, -0.1) is 0 Å². The number of aldehydes is 2. The Morgan fingerprint density at radius 1 is 1.05 bits per heavy atom. The third-order valence-corrected chi connectivity index (χ3v) is 7.63. The van der Waals surface area contributed by atoms with Crippen molar-refractivity contribution in [3.8, 4) is 22.8 Å². The van der Waals surface area contributed by atoms with Gasteiger partial charge in [0.2, 0.25) is 5.88 Å². The zero-order chi connectivity index (χ0) is 27.5. The zero-order valence-electron chi connectivity index (χ0n) is 21.4. The van der Waals surface area contributed by atoms with E-state index in [1.165, 1.54) is 18.7 Å². The number of hydrogen-bond acceptors (Lipinski definition) is 7. The molecule has 0 atom stereocenters. The van der Waals surface area contributed by atoms with Crippen LogP contribution in [0.2, 0.25) is 10.0 Å². The van der Waals surface area contributed by atoms with E-state index in [-0.39, 0.29) is 18.1 Å². The van der Waals surface area contributed by atoms with Gasteiger partial charge in [0.15, 0.2) is 12.6 Å². The summed E-state index contributed by atoms with van der Waals surface area (Å²) in [4.78, 5) is 33.2. The fourth-order valence-electron chi connectivity index (χ4n) is 4.73. The van der Waals surface area contributed by atoms with Crippen LogP contribution >= 0.6 is 23.2 Å². The van der Waals surface area contributed by atoms with Crippen molar-refractivity contribution in [1.29, 1.82) is 0 Å². The summed E-state index contributed by atoms with van der Waals surface area (Å²) >= 11 is 13.4. The highest BCUT2D eigenvalue weighted by Gasteiger charge is 2.23. The Morgan fingerprint density at radius 2 is 1.90 bits per heavy atom. The molecule has 0 N–H and O–H groups in total. The van der Waals surface area contributed by atoms with Gasteiger partial charge < -0.3 is 14.4 Å². The minimum absolute atomic E-state index is 0.0986.